The zero-order valence-electron chi connectivity index (χ0n) is 20.9. The first-order chi connectivity index (χ1) is 16.3. The van der Waals surface area contributed by atoms with Crippen LogP contribution in [-0.2, 0) is 14.4 Å². The topological polar surface area (TPSA) is 186 Å². The van der Waals surface area contributed by atoms with Crippen molar-refractivity contribution < 1.29 is 45.0 Å². The average molecular weight is 507 g/mol. The Kier molecular flexibility index (Phi) is 13.0. The van der Waals surface area contributed by atoms with E-state index in [1.54, 1.807) is 19.6 Å². The fourth-order valence-electron chi connectivity index (χ4n) is 4.44. The summed E-state index contributed by atoms with van der Waals surface area (Å²) in [7, 11) is 0. The molecule has 0 spiro atoms. The van der Waals surface area contributed by atoms with Gasteiger partial charge in [-0.2, -0.15) is 0 Å². The van der Waals surface area contributed by atoms with Crippen molar-refractivity contribution in [2.45, 2.75) is 39.0 Å². The maximum Gasteiger partial charge on any atom is 0.317 e. The van der Waals surface area contributed by atoms with E-state index in [0.29, 0.717) is 0 Å². The maximum absolute atomic E-state index is 11.7. The minimum absolute atomic E-state index is 0.238. The molecule has 0 radical (unpaired) electrons. The Morgan fingerprint density at radius 2 is 1.26 bits per heavy atom. The molecule has 1 fully saturated rings. The summed E-state index contributed by atoms with van der Waals surface area (Å²) in [6.07, 6.45) is -1.24. The third-order valence-corrected chi connectivity index (χ3v) is 6.33. The van der Waals surface area contributed by atoms with Gasteiger partial charge in [-0.05, 0) is 5.41 Å². The Morgan fingerprint density at radius 3 is 1.74 bits per heavy atom. The smallest absolute Gasteiger partial charge is 0.317 e. The van der Waals surface area contributed by atoms with Crippen LogP contribution in [0.3, 0.4) is 0 Å². The highest BCUT2D eigenvalue weighted by Gasteiger charge is 2.35. The molecule has 3 atom stereocenters. The largest absolute Gasteiger partial charge is 0.480 e. The number of carboxylic acid groups (broad SMARTS) is 3. The number of nitrogens with zero attached hydrogens (tertiary/aromatic N) is 4. The number of rotatable bonds is 10. The predicted octanol–water partition coefficient (Wildman–Crippen LogP) is -2.41. The first-order valence-electron chi connectivity index (χ1n) is 11.8. The lowest BCUT2D eigenvalue weighted by molar-refractivity contribution is -0.142. The van der Waals surface area contributed by atoms with E-state index < -0.39 is 48.7 Å². The summed E-state index contributed by atoms with van der Waals surface area (Å²) in [5.74, 6) is -3.11. The van der Waals surface area contributed by atoms with Gasteiger partial charge >= 0.3 is 17.9 Å². The summed E-state index contributed by atoms with van der Waals surface area (Å²) in [4.78, 5) is 41.5. The van der Waals surface area contributed by atoms with Gasteiger partial charge in [0.1, 0.15) is 0 Å². The van der Waals surface area contributed by atoms with E-state index in [9.17, 15) is 45.0 Å². The highest BCUT2D eigenvalue weighted by molar-refractivity contribution is 5.70. The SMILES string of the molecule is CC(C)(C)C1CN(CC(=O)O)CCN(CC(=O)O)CCN(C(CO)C(O)CO)CCN1CC(=O)O. The van der Waals surface area contributed by atoms with Crippen LogP contribution in [0.4, 0.5) is 0 Å². The van der Waals surface area contributed by atoms with Crippen molar-refractivity contribution >= 4 is 17.9 Å². The minimum Gasteiger partial charge on any atom is -0.480 e. The molecule has 13 nitrogen and oxygen atoms in total. The van der Waals surface area contributed by atoms with Crippen molar-refractivity contribution in [1.82, 2.24) is 19.6 Å². The lowest BCUT2D eigenvalue weighted by Gasteiger charge is -2.44. The fraction of sp³-hybridized carbons (Fsp3) is 0.864. The number of aliphatic hydroxyl groups excluding tert-OH is 3. The van der Waals surface area contributed by atoms with Crippen molar-refractivity contribution in [3.63, 3.8) is 0 Å². The Bertz CT molecular complexity index is 688. The second kappa shape index (κ2) is 14.6. The van der Waals surface area contributed by atoms with E-state index in [0.717, 1.165) is 0 Å². The standard InChI is InChI=1S/C22H42N4O9/c1-22(2,3)18-10-24(12-20(32)33)5-4-23(11-19(30)31)6-7-25(16(14-27)17(29)15-28)8-9-26(18)13-21(34)35/h16-18,27-29H,4-15H2,1-3H3,(H,30,31)(H,32,33)(H,34,35). The molecule has 0 aromatic carbocycles. The van der Waals surface area contributed by atoms with Gasteiger partial charge in [0, 0.05) is 51.9 Å². The summed E-state index contributed by atoms with van der Waals surface area (Å²) in [5.41, 5.74) is -0.428. The van der Waals surface area contributed by atoms with Crippen LogP contribution in [0.1, 0.15) is 20.8 Å². The normalized spacial score (nSPS) is 22.6. The number of aliphatic carboxylic acids is 3. The van der Waals surface area contributed by atoms with Gasteiger partial charge in [-0.25, -0.2) is 0 Å². The first-order valence-corrected chi connectivity index (χ1v) is 11.8. The Hall–Kier alpha value is -1.87. The van der Waals surface area contributed by atoms with E-state index >= 15 is 0 Å². The van der Waals surface area contributed by atoms with E-state index in [4.69, 9.17) is 0 Å². The van der Waals surface area contributed by atoms with Crippen molar-refractivity contribution in [3.05, 3.63) is 0 Å². The summed E-state index contributed by atoms with van der Waals surface area (Å²) >= 11 is 0. The van der Waals surface area contributed by atoms with E-state index in [1.165, 1.54) is 0 Å². The van der Waals surface area contributed by atoms with Crippen LogP contribution in [0.15, 0.2) is 0 Å². The fourth-order valence-corrected chi connectivity index (χ4v) is 4.44. The predicted molar refractivity (Wildman–Crippen MR) is 126 cm³/mol. The number of carbonyl (C=O) groups is 3. The van der Waals surface area contributed by atoms with Gasteiger partial charge in [0.2, 0.25) is 0 Å². The molecule has 6 N–H and O–H groups in total. The van der Waals surface area contributed by atoms with Gasteiger partial charge in [-0.1, -0.05) is 20.8 Å². The molecule has 3 unspecified atom stereocenters. The van der Waals surface area contributed by atoms with Gasteiger partial charge in [-0.15, -0.1) is 0 Å². The molecule has 35 heavy (non-hydrogen) atoms. The van der Waals surface area contributed by atoms with Crippen molar-refractivity contribution in [3.8, 4) is 0 Å². The highest BCUT2D eigenvalue weighted by atomic mass is 16.4. The molecule has 0 saturated carbocycles. The molecule has 1 rings (SSSR count). The number of carboxylic acids is 3. The molecule has 0 amide bonds. The summed E-state index contributed by atoms with van der Waals surface area (Å²) in [6, 6.07) is -1.18. The molecule has 0 bridgehead atoms. The molecular weight excluding hydrogens is 464 g/mol. The van der Waals surface area contributed by atoms with Crippen molar-refractivity contribution in [2.75, 3.05) is 78.7 Å². The van der Waals surface area contributed by atoms with Gasteiger partial charge < -0.3 is 30.6 Å². The van der Waals surface area contributed by atoms with E-state index in [-0.39, 0.29) is 71.5 Å². The van der Waals surface area contributed by atoms with Gasteiger partial charge in [-0.3, -0.25) is 34.0 Å². The second-order valence-corrected chi connectivity index (χ2v) is 10.1. The van der Waals surface area contributed by atoms with Crippen LogP contribution in [0.25, 0.3) is 0 Å². The molecule has 204 valence electrons. The zero-order chi connectivity index (χ0) is 26.8. The summed E-state index contributed by atoms with van der Waals surface area (Å²) < 4.78 is 0. The molecule has 1 aliphatic heterocycles. The monoisotopic (exact) mass is 506 g/mol. The maximum atomic E-state index is 11.7. The number of hydrogen-bond acceptors (Lipinski definition) is 10. The van der Waals surface area contributed by atoms with Crippen molar-refractivity contribution in [1.29, 1.82) is 0 Å². The van der Waals surface area contributed by atoms with E-state index in [2.05, 4.69) is 0 Å². The average Bonchev–Trinajstić information content (AvgIpc) is 2.73. The third-order valence-electron chi connectivity index (χ3n) is 6.33. The molecule has 1 saturated heterocycles. The highest BCUT2D eigenvalue weighted by Crippen LogP contribution is 2.26. The quantitative estimate of drug-likeness (QED) is 0.184. The summed E-state index contributed by atoms with van der Waals surface area (Å²) in [6.45, 7) is 5.73. The van der Waals surface area contributed by atoms with E-state index in [1.807, 2.05) is 20.8 Å². The van der Waals surface area contributed by atoms with Crippen LogP contribution in [-0.4, -0.2) is 165 Å². The second-order valence-electron chi connectivity index (χ2n) is 10.1. The third kappa shape index (κ3) is 11.2. The lowest BCUT2D eigenvalue weighted by Crippen LogP contribution is -2.58. The lowest BCUT2D eigenvalue weighted by atomic mass is 9.85. The molecule has 0 aromatic heterocycles. The summed E-state index contributed by atoms with van der Waals surface area (Å²) in [5, 5.41) is 58.0. The van der Waals surface area contributed by atoms with Crippen LogP contribution < -0.4 is 0 Å². The minimum atomic E-state index is -1.24. The van der Waals surface area contributed by atoms with Crippen LogP contribution >= 0.6 is 0 Å². The van der Waals surface area contributed by atoms with Crippen molar-refractivity contribution in [2.24, 2.45) is 5.41 Å². The van der Waals surface area contributed by atoms with Crippen LogP contribution in [0, 0.1) is 5.41 Å². The molecule has 0 aliphatic carbocycles. The van der Waals surface area contributed by atoms with Gasteiger partial charge in [0.25, 0.3) is 0 Å². The Balaban J connectivity index is 3.39. The Morgan fingerprint density at radius 1 is 0.771 bits per heavy atom. The number of aliphatic hydroxyl groups is 3. The molecule has 0 aromatic rings. The number of hydrogen-bond donors (Lipinski definition) is 6. The van der Waals surface area contributed by atoms with Crippen LogP contribution in [0.5, 0.6) is 0 Å². The first kappa shape index (κ1) is 31.2. The molecule has 1 aliphatic rings. The molecular formula is C22H42N4O9. The molecule has 13 heteroatoms. The van der Waals surface area contributed by atoms with Gasteiger partial charge in [0.05, 0.1) is 45.0 Å². The Labute approximate surface area is 206 Å². The van der Waals surface area contributed by atoms with Crippen LogP contribution in [0.2, 0.25) is 0 Å². The molecule has 1 heterocycles. The van der Waals surface area contributed by atoms with Gasteiger partial charge in [0.15, 0.2) is 0 Å². The zero-order valence-corrected chi connectivity index (χ0v) is 20.9.